The van der Waals surface area contributed by atoms with E-state index in [-0.39, 0.29) is 0 Å². The second-order valence-electron chi connectivity index (χ2n) is 6.85. The van der Waals surface area contributed by atoms with Gasteiger partial charge in [-0.25, -0.2) is 0 Å². The third kappa shape index (κ3) is 7.95. The first kappa shape index (κ1) is 19.8. The van der Waals surface area contributed by atoms with Crippen molar-refractivity contribution in [1.82, 2.24) is 15.3 Å². The van der Waals surface area contributed by atoms with Crippen LogP contribution in [0.3, 0.4) is 0 Å². The highest BCUT2D eigenvalue weighted by Crippen LogP contribution is 2.13. The molecule has 1 fully saturated rings. The third-order valence-corrected chi connectivity index (χ3v) is 5.10. The minimum atomic E-state index is 0.741. The summed E-state index contributed by atoms with van der Waals surface area (Å²) in [4.78, 5) is 6.61. The van der Waals surface area contributed by atoms with Gasteiger partial charge in [-0.05, 0) is 44.1 Å². The van der Waals surface area contributed by atoms with E-state index in [1.807, 2.05) is 25.1 Å². The molecule has 2 heterocycles. The molecule has 0 saturated carbocycles. The van der Waals surface area contributed by atoms with Gasteiger partial charge in [-0.2, -0.15) is 5.10 Å². The molecule has 0 unspecified atom stereocenters. The van der Waals surface area contributed by atoms with E-state index in [4.69, 9.17) is 12.2 Å². The highest BCUT2D eigenvalue weighted by molar-refractivity contribution is 7.80. The first-order chi connectivity index (χ1) is 12.3. The number of hydrogen-bond donors (Lipinski definition) is 1. The standard InChI is InChI=1S/C20H32N4S/c1-18(19-14-10-11-15-21-19)22-23-20(25)24-16-12-8-6-4-2-3-5-7-9-13-17-24/h10-11,14-15H,2-9,12-13,16-17H2,1H3,(H,23,25)/b22-18-. The zero-order chi connectivity index (χ0) is 17.7. The number of hydrogen-bond acceptors (Lipinski definition) is 3. The molecule has 138 valence electrons. The van der Waals surface area contributed by atoms with Gasteiger partial charge in [-0.15, -0.1) is 0 Å². The molecule has 2 rings (SSSR count). The van der Waals surface area contributed by atoms with Crippen molar-refractivity contribution in [1.29, 1.82) is 0 Å². The van der Waals surface area contributed by atoms with Crippen LogP contribution in [0.1, 0.15) is 76.8 Å². The Balaban J connectivity index is 1.87. The lowest BCUT2D eigenvalue weighted by Gasteiger charge is -2.24. The van der Waals surface area contributed by atoms with Crippen molar-refractivity contribution in [2.45, 2.75) is 71.1 Å². The predicted octanol–water partition coefficient (Wildman–Crippen LogP) is 4.90. The molecule has 0 spiro atoms. The Labute approximate surface area is 158 Å². The summed E-state index contributed by atoms with van der Waals surface area (Å²) in [7, 11) is 0. The van der Waals surface area contributed by atoms with Crippen molar-refractivity contribution in [2.75, 3.05) is 13.1 Å². The Bertz CT molecular complexity index is 516. The first-order valence-corrected chi connectivity index (χ1v) is 10.2. The number of nitrogens with zero attached hydrogens (tertiary/aromatic N) is 3. The van der Waals surface area contributed by atoms with Crippen molar-refractivity contribution < 1.29 is 0 Å². The van der Waals surface area contributed by atoms with E-state index in [1.165, 1.54) is 64.2 Å². The minimum absolute atomic E-state index is 0.741. The summed E-state index contributed by atoms with van der Waals surface area (Å²) in [5, 5.41) is 5.18. The van der Waals surface area contributed by atoms with E-state index in [9.17, 15) is 0 Å². The predicted molar refractivity (Wildman–Crippen MR) is 110 cm³/mol. The number of thiocarbonyl (C=S) groups is 1. The highest BCUT2D eigenvalue weighted by Gasteiger charge is 2.09. The van der Waals surface area contributed by atoms with Crippen LogP contribution >= 0.6 is 12.2 Å². The van der Waals surface area contributed by atoms with Crippen LogP contribution in [0.5, 0.6) is 0 Å². The van der Waals surface area contributed by atoms with Gasteiger partial charge in [0.1, 0.15) is 0 Å². The quantitative estimate of drug-likeness (QED) is 0.463. The summed E-state index contributed by atoms with van der Waals surface area (Å²) in [5.74, 6) is 0. The van der Waals surface area contributed by atoms with Gasteiger partial charge in [0.05, 0.1) is 11.4 Å². The van der Waals surface area contributed by atoms with Gasteiger partial charge < -0.3 is 4.90 Å². The molecule has 25 heavy (non-hydrogen) atoms. The van der Waals surface area contributed by atoms with Crippen molar-refractivity contribution in [3.05, 3.63) is 30.1 Å². The summed E-state index contributed by atoms with van der Waals surface area (Å²) >= 11 is 5.60. The van der Waals surface area contributed by atoms with Crippen LogP contribution in [0.25, 0.3) is 0 Å². The molecule has 0 amide bonds. The van der Waals surface area contributed by atoms with E-state index in [2.05, 4.69) is 20.4 Å². The fourth-order valence-corrected chi connectivity index (χ4v) is 3.40. The van der Waals surface area contributed by atoms with Gasteiger partial charge >= 0.3 is 0 Å². The SMILES string of the molecule is C/C(=N/NC(=S)N1CCCCCCCCCCCC1)c1ccccn1. The fraction of sp³-hybridized carbons (Fsp3) is 0.650. The van der Waals surface area contributed by atoms with E-state index in [0.717, 1.165) is 29.6 Å². The van der Waals surface area contributed by atoms with Crippen LogP contribution in [0, 0.1) is 0 Å². The fourth-order valence-electron chi connectivity index (χ4n) is 3.17. The Morgan fingerprint density at radius 3 is 2.04 bits per heavy atom. The lowest BCUT2D eigenvalue weighted by molar-refractivity contribution is 0.383. The highest BCUT2D eigenvalue weighted by atomic mass is 32.1. The van der Waals surface area contributed by atoms with E-state index < -0.39 is 0 Å². The van der Waals surface area contributed by atoms with Crippen molar-refractivity contribution >= 4 is 23.0 Å². The summed E-state index contributed by atoms with van der Waals surface area (Å²) < 4.78 is 0. The number of pyridine rings is 1. The molecule has 0 aromatic carbocycles. The molecular weight excluding hydrogens is 328 g/mol. The third-order valence-electron chi connectivity index (χ3n) is 4.75. The maximum Gasteiger partial charge on any atom is 0.189 e. The van der Waals surface area contributed by atoms with Gasteiger partial charge in [0, 0.05) is 19.3 Å². The molecule has 5 heteroatoms. The maximum absolute atomic E-state index is 5.60. The molecule has 0 bridgehead atoms. The maximum atomic E-state index is 5.60. The average molecular weight is 361 g/mol. The van der Waals surface area contributed by atoms with Crippen LogP contribution in [0.15, 0.2) is 29.5 Å². The molecule has 1 aliphatic rings. The second kappa shape index (κ2) is 12.0. The Hall–Kier alpha value is -1.49. The molecule has 1 saturated heterocycles. The lowest BCUT2D eigenvalue weighted by Crippen LogP contribution is -2.39. The Kier molecular flexibility index (Phi) is 9.49. The second-order valence-corrected chi connectivity index (χ2v) is 7.24. The smallest absolute Gasteiger partial charge is 0.189 e. The number of rotatable bonds is 2. The van der Waals surface area contributed by atoms with Crippen molar-refractivity contribution in [3.63, 3.8) is 0 Å². The number of aromatic nitrogens is 1. The molecule has 4 nitrogen and oxygen atoms in total. The van der Waals surface area contributed by atoms with Gasteiger partial charge in [0.25, 0.3) is 0 Å². The Morgan fingerprint density at radius 2 is 1.52 bits per heavy atom. The number of hydrazone groups is 1. The van der Waals surface area contributed by atoms with Gasteiger partial charge in [0.2, 0.25) is 0 Å². The normalized spacial score (nSPS) is 18.6. The average Bonchev–Trinajstić information content (AvgIpc) is 2.67. The molecular formula is C20H32N4S. The molecule has 1 N–H and O–H groups in total. The van der Waals surface area contributed by atoms with E-state index >= 15 is 0 Å². The monoisotopic (exact) mass is 360 g/mol. The summed E-state index contributed by atoms with van der Waals surface area (Å²) in [5.41, 5.74) is 4.81. The zero-order valence-corrected chi connectivity index (χ0v) is 16.4. The van der Waals surface area contributed by atoms with Gasteiger partial charge in [-0.1, -0.05) is 57.4 Å². The minimum Gasteiger partial charge on any atom is -0.348 e. The van der Waals surface area contributed by atoms with Gasteiger partial charge in [-0.3, -0.25) is 10.4 Å². The molecule has 1 aliphatic heterocycles. The van der Waals surface area contributed by atoms with E-state index in [0.29, 0.717) is 0 Å². The molecule has 0 radical (unpaired) electrons. The van der Waals surface area contributed by atoms with Crippen LogP contribution in [0.4, 0.5) is 0 Å². The largest absolute Gasteiger partial charge is 0.348 e. The van der Waals surface area contributed by atoms with Gasteiger partial charge in [0.15, 0.2) is 5.11 Å². The van der Waals surface area contributed by atoms with Crippen molar-refractivity contribution in [3.8, 4) is 0 Å². The van der Waals surface area contributed by atoms with Crippen LogP contribution < -0.4 is 5.43 Å². The van der Waals surface area contributed by atoms with Crippen LogP contribution in [-0.2, 0) is 0 Å². The molecule has 0 aliphatic carbocycles. The molecule has 0 atom stereocenters. The summed E-state index contributed by atoms with van der Waals surface area (Å²) in [6.07, 6.45) is 15.1. The summed E-state index contributed by atoms with van der Waals surface area (Å²) in [6.45, 7) is 4.02. The first-order valence-electron chi connectivity index (χ1n) is 9.78. The zero-order valence-electron chi connectivity index (χ0n) is 15.5. The lowest BCUT2D eigenvalue weighted by atomic mass is 10.1. The topological polar surface area (TPSA) is 40.5 Å². The van der Waals surface area contributed by atoms with Crippen molar-refractivity contribution in [2.24, 2.45) is 5.10 Å². The van der Waals surface area contributed by atoms with Crippen LogP contribution in [-0.4, -0.2) is 33.8 Å². The number of nitrogens with one attached hydrogen (secondary N) is 1. The molecule has 1 aromatic rings. The Morgan fingerprint density at radius 1 is 0.960 bits per heavy atom. The van der Waals surface area contributed by atoms with E-state index in [1.54, 1.807) is 6.20 Å². The summed E-state index contributed by atoms with van der Waals surface area (Å²) in [6, 6.07) is 5.84. The van der Waals surface area contributed by atoms with Crippen LogP contribution in [0.2, 0.25) is 0 Å². The molecule has 1 aromatic heterocycles.